The average molecular weight is 222 g/mol. The Labute approximate surface area is 84.0 Å². The molecule has 0 amide bonds. The number of nitrogens with zero attached hydrogens (tertiary/aromatic N) is 2. The molecule has 0 saturated carbocycles. The van der Waals surface area contributed by atoms with E-state index in [4.69, 9.17) is 28.6 Å². The molecule has 0 atom stereocenters. The van der Waals surface area contributed by atoms with Gasteiger partial charge in [-0.05, 0) is 24.3 Å². The highest BCUT2D eigenvalue weighted by molar-refractivity contribution is 6.72. The van der Waals surface area contributed by atoms with Gasteiger partial charge in [0.2, 0.25) is 5.29 Å². The van der Waals surface area contributed by atoms with Crippen molar-refractivity contribution in [3.8, 4) is 0 Å². The van der Waals surface area contributed by atoms with E-state index in [9.17, 15) is 10.1 Å². The van der Waals surface area contributed by atoms with Crippen molar-refractivity contribution in [2.45, 2.75) is 0 Å². The first-order valence-corrected chi connectivity index (χ1v) is 3.68. The van der Waals surface area contributed by atoms with Gasteiger partial charge < -0.3 is 0 Å². The van der Waals surface area contributed by atoms with E-state index in [0.717, 1.165) is 12.2 Å². The minimum Gasteiger partial charge on any atom is -0.272 e. The van der Waals surface area contributed by atoms with Gasteiger partial charge >= 0.3 is 0 Å². The summed E-state index contributed by atoms with van der Waals surface area (Å²) in [6, 6.07) is 0. The summed E-state index contributed by atoms with van der Waals surface area (Å²) in [7, 11) is 0. The van der Waals surface area contributed by atoms with E-state index < -0.39 is 10.2 Å². The average Bonchev–Trinajstić information content (AvgIpc) is 1.98. The van der Waals surface area contributed by atoms with Crippen LogP contribution < -0.4 is 0 Å². The van der Waals surface area contributed by atoms with Crippen LogP contribution in [0.4, 0.5) is 0 Å². The summed E-state index contributed by atoms with van der Waals surface area (Å²) in [5.74, 6) is 0. The van der Waals surface area contributed by atoms with Gasteiger partial charge in [-0.3, -0.25) is 15.5 Å². The SMILES string of the molecule is C=C(/C=C/C(Cl)=NC(=N)Cl)[N+](=O)[O-]. The predicted octanol–water partition coefficient (Wildman–Crippen LogP) is 2.14. The minimum atomic E-state index is -0.674. The maximum Gasteiger partial charge on any atom is 0.262 e. The summed E-state index contributed by atoms with van der Waals surface area (Å²) in [5, 5.41) is 16.1. The second kappa shape index (κ2) is 5.45. The molecule has 0 aromatic carbocycles. The van der Waals surface area contributed by atoms with E-state index in [1.165, 1.54) is 0 Å². The van der Waals surface area contributed by atoms with E-state index in [1.54, 1.807) is 0 Å². The number of nitro groups is 1. The fourth-order valence-electron chi connectivity index (χ4n) is 0.357. The van der Waals surface area contributed by atoms with Gasteiger partial charge in [-0.2, -0.15) is 0 Å². The Morgan fingerprint density at radius 2 is 2.08 bits per heavy atom. The minimum absolute atomic E-state index is 0.122. The van der Waals surface area contributed by atoms with Crippen molar-refractivity contribution in [1.29, 1.82) is 5.41 Å². The fourth-order valence-corrected chi connectivity index (χ4v) is 0.639. The molecule has 0 bridgehead atoms. The maximum atomic E-state index is 10.0. The van der Waals surface area contributed by atoms with Crippen molar-refractivity contribution in [3.05, 3.63) is 34.5 Å². The highest BCUT2D eigenvalue weighted by Crippen LogP contribution is 1.97. The molecule has 13 heavy (non-hydrogen) atoms. The van der Waals surface area contributed by atoms with Crippen LogP contribution in [0.2, 0.25) is 0 Å². The summed E-state index contributed by atoms with van der Waals surface area (Å²) in [6.07, 6.45) is 2.19. The van der Waals surface area contributed by atoms with Crippen molar-refractivity contribution < 1.29 is 4.92 Å². The van der Waals surface area contributed by atoms with Crippen LogP contribution in [0.25, 0.3) is 0 Å². The second-order valence-corrected chi connectivity index (χ2v) is 2.55. The zero-order valence-corrected chi connectivity index (χ0v) is 7.84. The van der Waals surface area contributed by atoms with Gasteiger partial charge in [0.25, 0.3) is 5.70 Å². The van der Waals surface area contributed by atoms with Crippen LogP contribution in [-0.4, -0.2) is 15.4 Å². The quantitative estimate of drug-likeness (QED) is 0.198. The van der Waals surface area contributed by atoms with Crippen LogP contribution >= 0.6 is 23.2 Å². The van der Waals surface area contributed by atoms with E-state index >= 15 is 0 Å². The third-order valence-corrected chi connectivity index (χ3v) is 1.15. The van der Waals surface area contributed by atoms with Gasteiger partial charge in [0.05, 0.1) is 4.92 Å². The molecule has 5 nitrogen and oxygen atoms in total. The normalized spacial score (nSPS) is 11.7. The molecular formula is C6H5Cl2N3O2. The van der Waals surface area contributed by atoms with E-state index in [1.807, 2.05) is 0 Å². The first-order valence-electron chi connectivity index (χ1n) is 2.93. The van der Waals surface area contributed by atoms with Crippen LogP contribution in [0, 0.1) is 15.5 Å². The number of hydrogen-bond acceptors (Lipinski definition) is 3. The number of amidine groups is 1. The molecule has 0 aromatic rings. The van der Waals surface area contributed by atoms with Crippen LogP contribution in [0.3, 0.4) is 0 Å². The second-order valence-electron chi connectivity index (χ2n) is 1.81. The molecular weight excluding hydrogens is 217 g/mol. The highest BCUT2D eigenvalue weighted by Gasteiger charge is 2.00. The molecule has 0 aliphatic carbocycles. The number of rotatable bonds is 3. The van der Waals surface area contributed by atoms with Gasteiger partial charge in [-0.1, -0.05) is 11.6 Å². The summed E-state index contributed by atoms with van der Waals surface area (Å²) in [4.78, 5) is 12.7. The largest absolute Gasteiger partial charge is 0.272 e. The Hall–Kier alpha value is -1.20. The molecule has 0 heterocycles. The Kier molecular flexibility index (Phi) is 4.94. The molecule has 0 fully saturated rings. The van der Waals surface area contributed by atoms with Crippen molar-refractivity contribution in [2.75, 3.05) is 0 Å². The smallest absolute Gasteiger partial charge is 0.262 e. The monoisotopic (exact) mass is 221 g/mol. The topological polar surface area (TPSA) is 79.3 Å². The summed E-state index contributed by atoms with van der Waals surface area (Å²) in [5.41, 5.74) is -0.325. The molecule has 0 radical (unpaired) electrons. The van der Waals surface area contributed by atoms with E-state index in [-0.39, 0.29) is 10.9 Å². The lowest BCUT2D eigenvalue weighted by molar-refractivity contribution is -0.418. The summed E-state index contributed by atoms with van der Waals surface area (Å²) in [6.45, 7) is 3.12. The molecule has 0 spiro atoms. The molecule has 0 rings (SSSR count). The summed E-state index contributed by atoms with van der Waals surface area (Å²) < 4.78 is 0. The molecule has 0 aliphatic rings. The van der Waals surface area contributed by atoms with Crippen molar-refractivity contribution in [3.63, 3.8) is 0 Å². The number of aliphatic imine (C=N–C) groups is 1. The highest BCUT2D eigenvalue weighted by atomic mass is 35.5. The van der Waals surface area contributed by atoms with Crippen LogP contribution in [0.15, 0.2) is 29.4 Å². The first-order chi connectivity index (χ1) is 5.93. The third kappa shape index (κ3) is 6.01. The summed E-state index contributed by atoms with van der Waals surface area (Å²) >= 11 is 10.5. The standard InChI is InChI=1S/C6H5Cl2N3O2/c1-4(11(12)13)2-3-5(7)10-6(8)9/h2-3,9H,1H2/b3-2+,9-6?,10-5?. The van der Waals surface area contributed by atoms with Gasteiger partial charge in [0.15, 0.2) is 0 Å². The lowest BCUT2D eigenvalue weighted by Crippen LogP contribution is -1.93. The molecule has 0 saturated heterocycles. The van der Waals surface area contributed by atoms with Crippen LogP contribution in [0.5, 0.6) is 0 Å². The number of allylic oxidation sites excluding steroid dienone is 2. The van der Waals surface area contributed by atoms with Gasteiger partial charge in [0, 0.05) is 6.08 Å². The van der Waals surface area contributed by atoms with Crippen LogP contribution in [0.1, 0.15) is 0 Å². The number of hydrogen-bond donors (Lipinski definition) is 1. The first kappa shape index (κ1) is 11.8. The zero-order chi connectivity index (χ0) is 10.4. The van der Waals surface area contributed by atoms with Gasteiger partial charge in [-0.25, -0.2) is 4.99 Å². The Bertz CT molecular complexity index is 309. The molecule has 0 unspecified atom stereocenters. The fraction of sp³-hybridized carbons (Fsp3) is 0. The third-order valence-electron chi connectivity index (χ3n) is 0.853. The van der Waals surface area contributed by atoms with Crippen molar-refractivity contribution >= 4 is 33.7 Å². The molecule has 70 valence electrons. The Balaban J connectivity index is 4.36. The number of halogens is 2. The maximum absolute atomic E-state index is 10.0. The van der Waals surface area contributed by atoms with E-state index in [2.05, 4.69) is 11.6 Å². The molecule has 7 heteroatoms. The Morgan fingerprint density at radius 1 is 1.54 bits per heavy atom. The molecule has 1 N–H and O–H groups in total. The Morgan fingerprint density at radius 3 is 2.46 bits per heavy atom. The van der Waals surface area contributed by atoms with Crippen molar-refractivity contribution in [1.82, 2.24) is 0 Å². The predicted molar refractivity (Wildman–Crippen MR) is 52.1 cm³/mol. The lowest BCUT2D eigenvalue weighted by Gasteiger charge is -1.87. The van der Waals surface area contributed by atoms with Crippen LogP contribution in [-0.2, 0) is 0 Å². The van der Waals surface area contributed by atoms with E-state index in [0.29, 0.717) is 0 Å². The van der Waals surface area contributed by atoms with Gasteiger partial charge in [-0.15, -0.1) is 0 Å². The number of nitrogens with one attached hydrogen (secondary N) is 1. The molecule has 0 aliphatic heterocycles. The van der Waals surface area contributed by atoms with Crippen molar-refractivity contribution in [2.24, 2.45) is 4.99 Å². The molecule has 0 aromatic heterocycles. The zero-order valence-electron chi connectivity index (χ0n) is 6.33. The lowest BCUT2D eigenvalue weighted by atomic mass is 10.4. The van der Waals surface area contributed by atoms with Gasteiger partial charge in [0.1, 0.15) is 5.17 Å².